The first kappa shape index (κ1) is 18.9. The summed E-state index contributed by atoms with van der Waals surface area (Å²) < 4.78 is 6.78. The summed E-state index contributed by atoms with van der Waals surface area (Å²) in [6.07, 6.45) is 4.81. The summed E-state index contributed by atoms with van der Waals surface area (Å²) in [5, 5.41) is 24.3. The maximum Gasteiger partial charge on any atom is 0.372 e. The highest BCUT2D eigenvalue weighted by molar-refractivity contribution is 5.90. The number of imidazole rings is 1. The van der Waals surface area contributed by atoms with Gasteiger partial charge in [-0.2, -0.15) is 0 Å². The number of aliphatic hydroxyl groups is 1. The first-order chi connectivity index (χ1) is 14.9. The molecule has 1 fully saturated rings. The van der Waals surface area contributed by atoms with E-state index in [1.165, 1.54) is 15.5 Å². The Morgan fingerprint density at radius 1 is 1.26 bits per heavy atom. The molecule has 1 saturated heterocycles. The van der Waals surface area contributed by atoms with E-state index in [1.807, 2.05) is 0 Å². The van der Waals surface area contributed by atoms with Crippen LogP contribution in [0.25, 0.3) is 28.0 Å². The highest BCUT2D eigenvalue weighted by Gasteiger charge is 2.48. The van der Waals surface area contributed by atoms with Crippen molar-refractivity contribution >= 4 is 17.4 Å². The van der Waals surface area contributed by atoms with Crippen LogP contribution < -0.4 is 0 Å². The van der Waals surface area contributed by atoms with Gasteiger partial charge in [0.15, 0.2) is 5.76 Å². The molecule has 5 rings (SSSR count). The van der Waals surface area contributed by atoms with Gasteiger partial charge in [-0.05, 0) is 6.07 Å². The second-order valence-electron chi connectivity index (χ2n) is 7.41. The molecule has 0 spiro atoms. The molecule has 4 heterocycles. The van der Waals surface area contributed by atoms with Crippen LogP contribution in [0.1, 0.15) is 22.8 Å². The number of amides is 1. The van der Waals surface area contributed by atoms with Crippen molar-refractivity contribution in [2.45, 2.75) is 12.0 Å². The van der Waals surface area contributed by atoms with E-state index in [1.54, 1.807) is 49.8 Å². The molecule has 1 aliphatic rings. The summed E-state index contributed by atoms with van der Waals surface area (Å²) in [6, 6.07) is 8.71. The van der Waals surface area contributed by atoms with Gasteiger partial charge < -0.3 is 19.6 Å². The van der Waals surface area contributed by atoms with Gasteiger partial charge in [-0.15, -0.1) is 0 Å². The molecule has 10 nitrogen and oxygen atoms in total. The molecule has 2 N–H and O–H groups in total. The van der Waals surface area contributed by atoms with E-state index >= 15 is 0 Å². The Bertz CT molecular complexity index is 1340. The van der Waals surface area contributed by atoms with Crippen molar-refractivity contribution in [1.82, 2.24) is 24.4 Å². The first-order valence-electron chi connectivity index (χ1n) is 9.50. The SMILES string of the molecule is CN1CCC(O)(c2cc(-c3cccc(-c4nc(C(=O)O)n5ccncc45)c3)no2)C1=O. The third-order valence-corrected chi connectivity index (χ3v) is 5.50. The van der Waals surface area contributed by atoms with Crippen LogP contribution in [-0.2, 0) is 10.4 Å². The van der Waals surface area contributed by atoms with Crippen LogP contribution in [0.15, 0.2) is 53.4 Å². The molecule has 10 heteroatoms. The van der Waals surface area contributed by atoms with Gasteiger partial charge in [-0.1, -0.05) is 23.4 Å². The number of fused-ring (bicyclic) bond motifs is 1. The molecule has 0 bridgehead atoms. The minimum absolute atomic E-state index is 0.0899. The third kappa shape index (κ3) is 2.88. The zero-order chi connectivity index (χ0) is 21.8. The molecule has 3 aromatic heterocycles. The summed E-state index contributed by atoms with van der Waals surface area (Å²) in [6.45, 7) is 0.425. The molecule has 0 radical (unpaired) electrons. The van der Waals surface area contributed by atoms with E-state index in [9.17, 15) is 19.8 Å². The minimum atomic E-state index is -1.72. The Morgan fingerprint density at radius 3 is 2.81 bits per heavy atom. The van der Waals surface area contributed by atoms with Crippen molar-refractivity contribution in [3.8, 4) is 22.5 Å². The Morgan fingerprint density at radius 2 is 2.06 bits per heavy atom. The van der Waals surface area contributed by atoms with Crippen LogP contribution in [0.3, 0.4) is 0 Å². The van der Waals surface area contributed by atoms with Crippen LogP contribution in [0.2, 0.25) is 0 Å². The lowest BCUT2D eigenvalue weighted by Gasteiger charge is -2.16. The standard InChI is InChI=1S/C21H17N5O5/c1-25-7-5-21(30,20(25)29)16-10-14(24-31-16)12-3-2-4-13(9-12)17-15-11-22-6-8-26(15)18(23-17)19(27)28/h2-4,6,8-11,30H,5,7H2,1H3,(H,27,28). The van der Waals surface area contributed by atoms with Gasteiger partial charge in [-0.25, -0.2) is 9.78 Å². The molecule has 4 aromatic rings. The number of carbonyl (C=O) groups excluding carboxylic acids is 1. The number of nitrogens with zero attached hydrogens (tertiary/aromatic N) is 5. The molecule has 1 amide bonds. The van der Waals surface area contributed by atoms with Crippen molar-refractivity contribution in [3.63, 3.8) is 0 Å². The average Bonchev–Trinajstić information content (AvgIpc) is 3.48. The Hall–Kier alpha value is -4.05. The van der Waals surface area contributed by atoms with Crippen LogP contribution in [0.5, 0.6) is 0 Å². The highest BCUT2D eigenvalue weighted by atomic mass is 16.5. The first-order valence-corrected chi connectivity index (χ1v) is 9.50. The fourth-order valence-corrected chi connectivity index (χ4v) is 3.82. The lowest BCUT2D eigenvalue weighted by atomic mass is 9.97. The number of likely N-dealkylation sites (tertiary alicyclic amines) is 1. The van der Waals surface area contributed by atoms with Gasteiger partial charge in [0.1, 0.15) is 5.69 Å². The van der Waals surface area contributed by atoms with E-state index in [2.05, 4.69) is 15.1 Å². The molecule has 156 valence electrons. The summed E-state index contributed by atoms with van der Waals surface area (Å²) in [4.78, 5) is 33.7. The smallest absolute Gasteiger partial charge is 0.372 e. The van der Waals surface area contributed by atoms with E-state index in [-0.39, 0.29) is 18.0 Å². The lowest BCUT2D eigenvalue weighted by Crippen LogP contribution is -2.35. The highest BCUT2D eigenvalue weighted by Crippen LogP contribution is 2.35. The van der Waals surface area contributed by atoms with Crippen molar-refractivity contribution in [2.75, 3.05) is 13.6 Å². The number of hydrogen-bond acceptors (Lipinski definition) is 7. The molecular formula is C21H17N5O5. The normalized spacial score (nSPS) is 18.8. The van der Waals surface area contributed by atoms with Gasteiger partial charge in [0.2, 0.25) is 11.4 Å². The summed E-state index contributed by atoms with van der Waals surface area (Å²) in [5.74, 6) is -1.61. The lowest BCUT2D eigenvalue weighted by molar-refractivity contribution is -0.144. The molecular weight excluding hydrogens is 402 g/mol. The van der Waals surface area contributed by atoms with E-state index < -0.39 is 17.5 Å². The van der Waals surface area contributed by atoms with Gasteiger partial charge in [0.25, 0.3) is 5.91 Å². The zero-order valence-electron chi connectivity index (χ0n) is 16.4. The maximum absolute atomic E-state index is 12.3. The quantitative estimate of drug-likeness (QED) is 0.511. The van der Waals surface area contributed by atoms with Crippen LogP contribution in [0.4, 0.5) is 0 Å². The molecule has 0 saturated carbocycles. The molecule has 1 aromatic carbocycles. The van der Waals surface area contributed by atoms with Crippen LogP contribution in [-0.4, -0.2) is 60.1 Å². The number of benzene rings is 1. The average molecular weight is 419 g/mol. The summed E-state index contributed by atoms with van der Waals surface area (Å²) >= 11 is 0. The molecule has 0 aliphatic carbocycles. The van der Waals surface area contributed by atoms with Crippen molar-refractivity contribution in [2.24, 2.45) is 0 Å². The second-order valence-corrected chi connectivity index (χ2v) is 7.41. The number of likely N-dealkylation sites (N-methyl/N-ethyl adjacent to an activating group) is 1. The van der Waals surface area contributed by atoms with Gasteiger partial charge >= 0.3 is 5.97 Å². The van der Waals surface area contributed by atoms with Crippen molar-refractivity contribution < 1.29 is 24.3 Å². The van der Waals surface area contributed by atoms with E-state index in [0.717, 1.165) is 0 Å². The van der Waals surface area contributed by atoms with Crippen molar-refractivity contribution in [1.29, 1.82) is 0 Å². The second kappa shape index (κ2) is 6.74. The predicted octanol–water partition coefficient (Wildman–Crippen LogP) is 1.80. The summed E-state index contributed by atoms with van der Waals surface area (Å²) in [7, 11) is 1.62. The van der Waals surface area contributed by atoms with Gasteiger partial charge in [0, 0.05) is 49.6 Å². The van der Waals surface area contributed by atoms with Gasteiger partial charge in [0.05, 0.1) is 17.4 Å². The number of carboxylic acids is 1. The molecule has 1 atom stereocenters. The maximum atomic E-state index is 12.3. The largest absolute Gasteiger partial charge is 0.475 e. The number of hydrogen-bond donors (Lipinski definition) is 2. The number of aromatic nitrogens is 4. The van der Waals surface area contributed by atoms with Crippen LogP contribution in [0, 0.1) is 0 Å². The topological polar surface area (TPSA) is 134 Å². The predicted molar refractivity (Wildman–Crippen MR) is 107 cm³/mol. The Balaban J connectivity index is 1.56. The summed E-state index contributed by atoms with van der Waals surface area (Å²) in [5.41, 5.74) is 1.05. The Labute approximate surface area is 175 Å². The molecule has 31 heavy (non-hydrogen) atoms. The zero-order valence-corrected chi connectivity index (χ0v) is 16.4. The number of carbonyl (C=O) groups is 2. The third-order valence-electron chi connectivity index (χ3n) is 5.50. The fourth-order valence-electron chi connectivity index (χ4n) is 3.82. The fraction of sp³-hybridized carbons (Fsp3) is 0.190. The van der Waals surface area contributed by atoms with Crippen LogP contribution >= 0.6 is 0 Å². The number of rotatable bonds is 4. The van der Waals surface area contributed by atoms with E-state index in [4.69, 9.17) is 4.52 Å². The number of carboxylic acid groups (broad SMARTS) is 1. The molecule has 1 aliphatic heterocycles. The Kier molecular flexibility index (Phi) is 4.12. The monoisotopic (exact) mass is 419 g/mol. The molecule has 1 unspecified atom stereocenters. The minimum Gasteiger partial charge on any atom is -0.475 e. The number of aromatic carboxylic acids is 1. The van der Waals surface area contributed by atoms with Crippen molar-refractivity contribution in [3.05, 3.63) is 60.5 Å². The van der Waals surface area contributed by atoms with Gasteiger partial charge in [-0.3, -0.25) is 14.2 Å². The van der Waals surface area contributed by atoms with E-state index in [0.29, 0.717) is 34.6 Å².